The maximum Gasteiger partial charge on any atom is 0.339 e. The number of nitrogens with zero attached hydrogens (tertiary/aromatic N) is 1. The van der Waals surface area contributed by atoms with Crippen LogP contribution in [-0.2, 0) is 9.53 Å². The molecule has 2 aromatic carbocycles. The normalized spacial score (nSPS) is 14.0. The highest BCUT2D eigenvalue weighted by atomic mass is 16.6. The summed E-state index contributed by atoms with van der Waals surface area (Å²) in [5.74, 6) is -0.110. The van der Waals surface area contributed by atoms with Crippen molar-refractivity contribution in [3.8, 4) is 5.75 Å². The zero-order valence-electron chi connectivity index (χ0n) is 16.2. The van der Waals surface area contributed by atoms with Gasteiger partial charge in [0.1, 0.15) is 5.75 Å². The Hall–Kier alpha value is -3.42. The summed E-state index contributed by atoms with van der Waals surface area (Å²) in [6.07, 6.45) is 2.04. The summed E-state index contributed by atoms with van der Waals surface area (Å²) in [6, 6.07) is 11.5. The van der Waals surface area contributed by atoms with Gasteiger partial charge < -0.3 is 14.8 Å². The number of carbonyl (C=O) groups is 2. The highest BCUT2D eigenvalue weighted by molar-refractivity contribution is 5.93. The van der Waals surface area contributed by atoms with Crippen molar-refractivity contribution in [1.29, 1.82) is 0 Å². The molecule has 8 heteroatoms. The number of esters is 1. The van der Waals surface area contributed by atoms with Gasteiger partial charge in [0.15, 0.2) is 6.61 Å². The summed E-state index contributed by atoms with van der Waals surface area (Å²) in [5, 5.41) is 13.9. The van der Waals surface area contributed by atoms with E-state index >= 15 is 0 Å². The summed E-state index contributed by atoms with van der Waals surface area (Å²) < 4.78 is 10.2. The molecule has 152 valence electrons. The smallest absolute Gasteiger partial charge is 0.339 e. The molecule has 0 bridgehead atoms. The maximum absolute atomic E-state index is 12.4. The molecular weight excluding hydrogens is 376 g/mol. The molecule has 0 heterocycles. The number of rotatable bonds is 8. The topological polar surface area (TPSA) is 108 Å². The predicted molar refractivity (Wildman–Crippen MR) is 105 cm³/mol. The van der Waals surface area contributed by atoms with Crippen molar-refractivity contribution in [2.45, 2.75) is 25.8 Å². The van der Waals surface area contributed by atoms with E-state index in [1.165, 1.54) is 25.1 Å². The number of hydrogen-bond acceptors (Lipinski definition) is 6. The molecular formula is C21H22N2O6. The predicted octanol–water partition coefficient (Wildman–Crippen LogP) is 3.34. The number of carbonyl (C=O) groups excluding carboxylic acids is 2. The lowest BCUT2D eigenvalue weighted by molar-refractivity contribution is -0.385. The summed E-state index contributed by atoms with van der Waals surface area (Å²) >= 11 is 0. The van der Waals surface area contributed by atoms with Crippen LogP contribution in [0.2, 0.25) is 0 Å². The van der Waals surface area contributed by atoms with Gasteiger partial charge in [-0.15, -0.1) is 0 Å². The molecule has 0 spiro atoms. The number of ether oxygens (including phenoxy) is 2. The third kappa shape index (κ3) is 4.90. The van der Waals surface area contributed by atoms with Crippen molar-refractivity contribution >= 4 is 17.6 Å². The third-order valence-corrected chi connectivity index (χ3v) is 4.94. The number of methoxy groups -OCH3 is 1. The zero-order valence-corrected chi connectivity index (χ0v) is 16.2. The number of amides is 1. The molecule has 0 aromatic heterocycles. The van der Waals surface area contributed by atoms with Crippen molar-refractivity contribution in [2.24, 2.45) is 5.92 Å². The van der Waals surface area contributed by atoms with Crippen LogP contribution in [0.25, 0.3) is 0 Å². The van der Waals surface area contributed by atoms with Crippen molar-refractivity contribution in [1.82, 2.24) is 5.32 Å². The average molecular weight is 398 g/mol. The highest BCUT2D eigenvalue weighted by Gasteiger charge is 2.33. The van der Waals surface area contributed by atoms with E-state index in [2.05, 4.69) is 5.32 Å². The van der Waals surface area contributed by atoms with Crippen LogP contribution < -0.4 is 10.1 Å². The van der Waals surface area contributed by atoms with Crippen LogP contribution in [-0.4, -0.2) is 30.5 Å². The molecule has 1 amide bonds. The minimum absolute atomic E-state index is 0.0703. The maximum atomic E-state index is 12.4. The summed E-state index contributed by atoms with van der Waals surface area (Å²) in [7, 11) is 1.59. The SMILES string of the molecule is COc1ccc(C(NC(=O)COC(=O)c2cccc([N+](=O)[O-])c2C)C2CC2)cc1. The van der Waals surface area contributed by atoms with Crippen LogP contribution in [0, 0.1) is 23.0 Å². The molecule has 1 aliphatic carbocycles. The van der Waals surface area contributed by atoms with E-state index < -0.39 is 23.4 Å². The van der Waals surface area contributed by atoms with E-state index in [4.69, 9.17) is 9.47 Å². The minimum Gasteiger partial charge on any atom is -0.497 e. The fourth-order valence-corrected chi connectivity index (χ4v) is 3.18. The quantitative estimate of drug-likeness (QED) is 0.415. The van der Waals surface area contributed by atoms with Gasteiger partial charge in [-0.25, -0.2) is 4.79 Å². The van der Waals surface area contributed by atoms with Crippen molar-refractivity contribution in [3.05, 3.63) is 69.3 Å². The molecule has 1 aliphatic rings. The fourth-order valence-electron chi connectivity index (χ4n) is 3.18. The Bertz CT molecular complexity index is 921. The van der Waals surface area contributed by atoms with Crippen LogP contribution in [0.1, 0.15) is 40.4 Å². The molecule has 8 nitrogen and oxygen atoms in total. The van der Waals surface area contributed by atoms with Gasteiger partial charge in [0, 0.05) is 11.6 Å². The zero-order chi connectivity index (χ0) is 21.0. The van der Waals surface area contributed by atoms with Crippen LogP contribution in [0.3, 0.4) is 0 Å². The van der Waals surface area contributed by atoms with Crippen molar-refractivity contribution in [2.75, 3.05) is 13.7 Å². The Kier molecular flexibility index (Phi) is 6.11. The fraction of sp³-hybridized carbons (Fsp3) is 0.333. The Morgan fingerprint density at radius 1 is 1.21 bits per heavy atom. The average Bonchev–Trinajstić information content (AvgIpc) is 3.55. The molecule has 1 fully saturated rings. The first-order valence-electron chi connectivity index (χ1n) is 9.25. The number of nitro benzene ring substituents is 1. The Morgan fingerprint density at radius 3 is 2.48 bits per heavy atom. The Morgan fingerprint density at radius 2 is 1.90 bits per heavy atom. The van der Waals surface area contributed by atoms with E-state index in [-0.39, 0.29) is 22.9 Å². The minimum atomic E-state index is -0.770. The lowest BCUT2D eigenvalue weighted by Crippen LogP contribution is -2.33. The molecule has 0 aliphatic heterocycles. The van der Waals surface area contributed by atoms with Crippen LogP contribution >= 0.6 is 0 Å². The summed E-state index contributed by atoms with van der Waals surface area (Å²) in [4.78, 5) is 35.1. The summed E-state index contributed by atoms with van der Waals surface area (Å²) in [6.45, 7) is 1.02. The highest BCUT2D eigenvalue weighted by Crippen LogP contribution is 2.41. The van der Waals surface area contributed by atoms with Gasteiger partial charge in [0.2, 0.25) is 0 Å². The van der Waals surface area contributed by atoms with Crippen LogP contribution in [0.4, 0.5) is 5.69 Å². The van der Waals surface area contributed by atoms with Gasteiger partial charge in [0.25, 0.3) is 11.6 Å². The molecule has 1 saturated carbocycles. The number of benzene rings is 2. The molecule has 1 atom stereocenters. The Labute approximate surface area is 168 Å². The molecule has 29 heavy (non-hydrogen) atoms. The number of nitro groups is 1. The van der Waals surface area contributed by atoms with Crippen LogP contribution in [0.5, 0.6) is 5.75 Å². The molecule has 0 saturated heterocycles. The molecule has 0 radical (unpaired) electrons. The third-order valence-electron chi connectivity index (χ3n) is 4.94. The van der Waals surface area contributed by atoms with E-state index in [1.54, 1.807) is 7.11 Å². The second-order valence-electron chi connectivity index (χ2n) is 6.94. The van der Waals surface area contributed by atoms with Crippen molar-refractivity contribution < 1.29 is 24.0 Å². The first-order valence-corrected chi connectivity index (χ1v) is 9.25. The van der Waals surface area contributed by atoms with Gasteiger partial charge in [-0.3, -0.25) is 14.9 Å². The molecule has 1 unspecified atom stereocenters. The summed E-state index contributed by atoms with van der Waals surface area (Å²) in [5.41, 5.74) is 1.07. The molecule has 2 aromatic rings. The van der Waals surface area contributed by atoms with Gasteiger partial charge in [-0.1, -0.05) is 18.2 Å². The second-order valence-corrected chi connectivity index (χ2v) is 6.94. The van der Waals surface area contributed by atoms with E-state index in [0.717, 1.165) is 24.2 Å². The monoisotopic (exact) mass is 398 g/mol. The van der Waals surface area contributed by atoms with E-state index in [0.29, 0.717) is 5.92 Å². The number of nitrogens with one attached hydrogen (secondary N) is 1. The van der Waals surface area contributed by atoms with Gasteiger partial charge >= 0.3 is 5.97 Å². The second kappa shape index (κ2) is 8.72. The van der Waals surface area contributed by atoms with Crippen LogP contribution in [0.15, 0.2) is 42.5 Å². The molecule has 3 rings (SSSR count). The number of hydrogen-bond donors (Lipinski definition) is 1. The largest absolute Gasteiger partial charge is 0.497 e. The lowest BCUT2D eigenvalue weighted by Gasteiger charge is -2.19. The Balaban J connectivity index is 1.62. The van der Waals surface area contributed by atoms with Gasteiger partial charge in [-0.05, 0) is 49.4 Å². The van der Waals surface area contributed by atoms with Crippen molar-refractivity contribution in [3.63, 3.8) is 0 Å². The molecule has 1 N–H and O–H groups in total. The van der Waals surface area contributed by atoms with Gasteiger partial charge in [0.05, 0.1) is 23.6 Å². The first kappa shape index (κ1) is 20.3. The lowest BCUT2D eigenvalue weighted by atomic mass is 10.0. The first-order chi connectivity index (χ1) is 13.9. The van der Waals surface area contributed by atoms with E-state index in [9.17, 15) is 19.7 Å². The van der Waals surface area contributed by atoms with Gasteiger partial charge in [-0.2, -0.15) is 0 Å². The van der Waals surface area contributed by atoms with E-state index in [1.807, 2.05) is 24.3 Å². The standard InChI is InChI=1S/C21H22N2O6/c1-13-17(4-3-5-18(13)23(26)27)21(25)29-12-19(24)22-20(14-6-7-14)15-8-10-16(28-2)11-9-15/h3-5,8-11,14,20H,6-7,12H2,1-2H3,(H,22,24).